The lowest BCUT2D eigenvalue weighted by atomic mass is 9.96. The summed E-state index contributed by atoms with van der Waals surface area (Å²) < 4.78 is 53.8. The predicted molar refractivity (Wildman–Crippen MR) is 104 cm³/mol. The summed E-state index contributed by atoms with van der Waals surface area (Å²) in [5, 5.41) is 0. The van der Waals surface area contributed by atoms with Crippen LogP contribution in [0.5, 0.6) is 0 Å². The van der Waals surface area contributed by atoms with Crippen molar-refractivity contribution in [3.05, 3.63) is 24.3 Å². The van der Waals surface area contributed by atoms with Gasteiger partial charge in [-0.3, -0.25) is 0 Å². The average molecular weight is 426 g/mol. The number of halogens is 1. The number of sulfonamides is 2. The van der Waals surface area contributed by atoms with Crippen LogP contribution in [0.25, 0.3) is 0 Å². The monoisotopic (exact) mass is 425 g/mol. The van der Waals surface area contributed by atoms with Crippen molar-refractivity contribution in [2.45, 2.75) is 43.0 Å². The Morgan fingerprint density at radius 1 is 1.15 bits per heavy atom. The molecule has 1 heterocycles. The van der Waals surface area contributed by atoms with Crippen molar-refractivity contribution in [3.63, 3.8) is 0 Å². The van der Waals surface area contributed by atoms with E-state index in [9.17, 15) is 16.8 Å². The Morgan fingerprint density at radius 2 is 1.73 bits per heavy atom. The summed E-state index contributed by atoms with van der Waals surface area (Å²) in [5.74, 6) is 0.0612. The number of nitrogens with two attached hydrogens (primary N) is 1. The van der Waals surface area contributed by atoms with Gasteiger partial charge in [-0.05, 0) is 30.5 Å². The molecule has 1 fully saturated rings. The van der Waals surface area contributed by atoms with Gasteiger partial charge in [-0.25, -0.2) is 16.8 Å². The first kappa shape index (κ1) is 23.3. The Bertz CT molecular complexity index is 811. The molecule has 0 saturated carbocycles. The lowest BCUT2D eigenvalue weighted by Gasteiger charge is -2.34. The summed E-state index contributed by atoms with van der Waals surface area (Å²) in [7, 11) is -7.45. The van der Waals surface area contributed by atoms with Crippen molar-refractivity contribution in [2.24, 2.45) is 11.7 Å². The van der Waals surface area contributed by atoms with Crippen LogP contribution in [-0.2, 0) is 20.0 Å². The molecule has 2 N–H and O–H groups in total. The number of benzene rings is 1. The number of rotatable bonds is 6. The molecule has 0 spiro atoms. The molecule has 0 radical (unpaired) electrons. The third-order valence-corrected chi connectivity index (χ3v) is 8.63. The highest BCUT2D eigenvalue weighted by atomic mass is 35.5. The SMILES string of the molecule is CCN(CC)S(=O)(=O)c1cccc(S(=O)(=O)N2CCC(N)C(C)C2)c1.Cl. The average Bonchev–Trinajstić information content (AvgIpc) is 2.58. The maximum Gasteiger partial charge on any atom is 0.243 e. The van der Waals surface area contributed by atoms with Gasteiger partial charge in [0.2, 0.25) is 20.0 Å². The fourth-order valence-electron chi connectivity index (χ4n) is 3.00. The molecule has 1 saturated heterocycles. The molecule has 1 aliphatic heterocycles. The van der Waals surface area contributed by atoms with Crippen LogP contribution in [0.3, 0.4) is 0 Å². The highest BCUT2D eigenvalue weighted by Gasteiger charge is 2.33. The minimum atomic E-state index is -3.75. The second-order valence-corrected chi connectivity index (χ2v) is 10.2. The van der Waals surface area contributed by atoms with E-state index in [-0.39, 0.29) is 34.2 Å². The van der Waals surface area contributed by atoms with Crippen LogP contribution in [0, 0.1) is 5.92 Å². The fraction of sp³-hybridized carbons (Fsp3) is 0.625. The van der Waals surface area contributed by atoms with Gasteiger partial charge in [0.25, 0.3) is 0 Å². The zero-order chi connectivity index (χ0) is 18.8. The Labute approximate surface area is 163 Å². The van der Waals surface area contributed by atoms with Gasteiger partial charge < -0.3 is 5.73 Å². The Morgan fingerprint density at radius 3 is 2.27 bits per heavy atom. The highest BCUT2D eigenvalue weighted by Crippen LogP contribution is 2.25. The molecule has 1 aliphatic rings. The molecule has 0 aliphatic carbocycles. The van der Waals surface area contributed by atoms with Crippen LogP contribution in [0.15, 0.2) is 34.1 Å². The third-order valence-electron chi connectivity index (χ3n) is 4.72. The van der Waals surface area contributed by atoms with Crippen molar-refractivity contribution in [1.82, 2.24) is 8.61 Å². The van der Waals surface area contributed by atoms with Gasteiger partial charge in [-0.15, -0.1) is 12.4 Å². The highest BCUT2D eigenvalue weighted by molar-refractivity contribution is 7.90. The molecule has 1 aromatic carbocycles. The standard InChI is InChI=1S/C16H27N3O4S2.ClH/c1-4-18(5-2)24(20,21)14-7-6-8-15(11-14)25(22,23)19-10-9-16(17)13(3)12-19;/h6-8,11,13,16H,4-5,9-10,12,17H2,1-3H3;1H. The molecule has 0 amide bonds. The van der Waals surface area contributed by atoms with Crippen molar-refractivity contribution < 1.29 is 16.8 Å². The topological polar surface area (TPSA) is 101 Å². The molecule has 0 bridgehead atoms. The van der Waals surface area contributed by atoms with Crippen molar-refractivity contribution >= 4 is 32.5 Å². The van der Waals surface area contributed by atoms with Crippen LogP contribution in [0.2, 0.25) is 0 Å². The number of hydrogen-bond donors (Lipinski definition) is 1. The maximum absolute atomic E-state index is 12.9. The molecule has 2 rings (SSSR count). The van der Waals surface area contributed by atoms with Gasteiger partial charge in [-0.2, -0.15) is 8.61 Å². The summed E-state index contributed by atoms with van der Waals surface area (Å²) in [6, 6.07) is 5.59. The largest absolute Gasteiger partial charge is 0.327 e. The van der Waals surface area contributed by atoms with E-state index < -0.39 is 20.0 Å². The van der Waals surface area contributed by atoms with Gasteiger partial charge in [0, 0.05) is 32.2 Å². The minimum absolute atomic E-state index is 0. The van der Waals surface area contributed by atoms with E-state index in [1.165, 1.54) is 32.9 Å². The molecule has 2 unspecified atom stereocenters. The summed E-state index contributed by atoms with van der Waals surface area (Å²) in [6.07, 6.45) is 0.595. The Hall–Kier alpha value is -0.710. The smallest absolute Gasteiger partial charge is 0.243 e. The molecule has 10 heteroatoms. The van der Waals surface area contributed by atoms with Crippen LogP contribution in [0.1, 0.15) is 27.2 Å². The first-order chi connectivity index (χ1) is 11.6. The van der Waals surface area contributed by atoms with Crippen LogP contribution >= 0.6 is 12.4 Å². The zero-order valence-corrected chi connectivity index (χ0v) is 17.8. The van der Waals surface area contributed by atoms with E-state index >= 15 is 0 Å². The fourth-order valence-corrected chi connectivity index (χ4v) is 6.18. The summed E-state index contributed by atoms with van der Waals surface area (Å²) in [4.78, 5) is 0.00226. The van der Waals surface area contributed by atoms with Crippen molar-refractivity contribution in [2.75, 3.05) is 26.2 Å². The normalized spacial score (nSPS) is 22.2. The van der Waals surface area contributed by atoms with Crippen LogP contribution in [0.4, 0.5) is 0 Å². The number of piperidine rings is 1. The molecule has 2 atom stereocenters. The second kappa shape index (κ2) is 8.99. The van der Waals surface area contributed by atoms with Gasteiger partial charge in [0.1, 0.15) is 0 Å². The summed E-state index contributed by atoms with van der Waals surface area (Å²) in [5.41, 5.74) is 5.96. The van der Waals surface area contributed by atoms with E-state index in [1.807, 2.05) is 6.92 Å². The maximum atomic E-state index is 12.9. The van der Waals surface area contributed by atoms with E-state index in [0.29, 0.717) is 32.6 Å². The first-order valence-electron chi connectivity index (χ1n) is 8.50. The van der Waals surface area contributed by atoms with Gasteiger partial charge in [0.05, 0.1) is 9.79 Å². The van der Waals surface area contributed by atoms with E-state index in [4.69, 9.17) is 5.73 Å². The van der Waals surface area contributed by atoms with Crippen molar-refractivity contribution in [1.29, 1.82) is 0 Å². The van der Waals surface area contributed by atoms with Crippen molar-refractivity contribution in [3.8, 4) is 0 Å². The molecule has 26 heavy (non-hydrogen) atoms. The van der Waals surface area contributed by atoms with E-state index in [1.54, 1.807) is 13.8 Å². The molecule has 150 valence electrons. The molecular weight excluding hydrogens is 398 g/mol. The quantitative estimate of drug-likeness (QED) is 0.744. The third kappa shape index (κ3) is 4.58. The van der Waals surface area contributed by atoms with Crippen LogP contribution < -0.4 is 5.73 Å². The van der Waals surface area contributed by atoms with Gasteiger partial charge >= 0.3 is 0 Å². The molecule has 7 nitrogen and oxygen atoms in total. The Kier molecular flexibility index (Phi) is 8.06. The predicted octanol–water partition coefficient (Wildman–Crippen LogP) is 1.50. The minimum Gasteiger partial charge on any atom is -0.327 e. The number of nitrogens with zero attached hydrogens (tertiary/aromatic N) is 2. The van der Waals surface area contributed by atoms with Gasteiger partial charge in [0.15, 0.2) is 0 Å². The lowest BCUT2D eigenvalue weighted by molar-refractivity contribution is 0.250. The lowest BCUT2D eigenvalue weighted by Crippen LogP contribution is -2.48. The number of hydrogen-bond acceptors (Lipinski definition) is 5. The molecule has 0 aromatic heterocycles. The van der Waals surface area contributed by atoms with Gasteiger partial charge in [-0.1, -0.05) is 26.8 Å². The van der Waals surface area contributed by atoms with E-state index in [0.717, 1.165) is 0 Å². The molecular formula is C16H28ClN3O4S2. The van der Waals surface area contributed by atoms with E-state index in [2.05, 4.69) is 0 Å². The first-order valence-corrected chi connectivity index (χ1v) is 11.4. The van der Waals surface area contributed by atoms with Crippen LogP contribution in [-0.4, -0.2) is 57.7 Å². The summed E-state index contributed by atoms with van der Waals surface area (Å²) in [6.45, 7) is 6.78. The Balaban J connectivity index is 0.00000338. The summed E-state index contributed by atoms with van der Waals surface area (Å²) >= 11 is 0. The molecule has 1 aromatic rings. The zero-order valence-electron chi connectivity index (χ0n) is 15.3. The second-order valence-electron chi connectivity index (χ2n) is 6.36.